The van der Waals surface area contributed by atoms with Crippen molar-refractivity contribution >= 4 is 55.0 Å². The van der Waals surface area contributed by atoms with E-state index in [1.807, 2.05) is 109 Å². The summed E-state index contributed by atoms with van der Waals surface area (Å²) in [5, 5.41) is 4.39. The van der Waals surface area contributed by atoms with Gasteiger partial charge in [0.25, 0.3) is 0 Å². The van der Waals surface area contributed by atoms with E-state index >= 15 is 0 Å². The smallest absolute Gasteiger partial charge is 0.194 e. The maximum absolute atomic E-state index is 7.94. The van der Waals surface area contributed by atoms with Gasteiger partial charge in [-0.1, -0.05) is 182 Å². The van der Waals surface area contributed by atoms with Gasteiger partial charge < -0.3 is 9.13 Å². The van der Waals surface area contributed by atoms with Crippen molar-refractivity contribution in [3.8, 4) is 78.9 Å². The van der Waals surface area contributed by atoms with Crippen LogP contribution in [-0.4, -0.2) is 24.1 Å². The van der Waals surface area contributed by atoms with Crippen LogP contribution in [0.5, 0.6) is 0 Å². The topological polar surface area (TPSA) is 57.2 Å². The average Bonchev–Trinajstić information content (AvgIpc) is 3.97. The fraction of sp³-hybridized carbons (Fsp3) is 0. The molecule has 0 saturated carbocycles. The second kappa shape index (κ2) is 17.4. The predicted molar refractivity (Wildman–Crippen MR) is 294 cm³/mol. The summed E-state index contributed by atoms with van der Waals surface area (Å²) in [6.07, 6.45) is 0. The number of nitrogens with zero attached hydrogens (tertiary/aromatic N) is 7. The molecule has 7 heteroatoms. The lowest BCUT2D eigenvalue weighted by atomic mass is 9.98. The van der Waals surface area contributed by atoms with Crippen LogP contribution in [0.1, 0.15) is 0 Å². The van der Waals surface area contributed by atoms with Gasteiger partial charge in [-0.15, -0.1) is 0 Å². The summed E-state index contributed by atoms with van der Waals surface area (Å²) in [6, 6.07) is 81.1. The maximum Gasteiger partial charge on any atom is 0.194 e. The largest absolute Gasteiger partial charge is 0.309 e. The Labute approximate surface area is 415 Å². The van der Waals surface area contributed by atoms with Crippen molar-refractivity contribution in [1.82, 2.24) is 24.1 Å². The summed E-state index contributed by atoms with van der Waals surface area (Å²) in [7, 11) is 0. The first kappa shape index (κ1) is 41.9. The molecular formula is C65H39N7. The molecule has 3 aromatic heterocycles. The summed E-state index contributed by atoms with van der Waals surface area (Å²) in [5.74, 6) is 1.69. The Hall–Kier alpha value is -10.2. The number of benzene rings is 10. The fourth-order valence-corrected chi connectivity index (χ4v) is 10.3. The lowest BCUT2D eigenvalue weighted by Gasteiger charge is -2.18. The van der Waals surface area contributed by atoms with E-state index in [2.05, 4.69) is 146 Å². The minimum Gasteiger partial charge on any atom is -0.309 e. The van der Waals surface area contributed by atoms with Gasteiger partial charge in [0.2, 0.25) is 0 Å². The molecule has 7 nitrogen and oxygen atoms in total. The molecule has 0 saturated heterocycles. The third-order valence-electron chi connectivity index (χ3n) is 13.6. The molecule has 0 aliphatic carbocycles. The van der Waals surface area contributed by atoms with Gasteiger partial charge in [-0.3, -0.25) is 0 Å². The third kappa shape index (κ3) is 7.00. The van der Waals surface area contributed by atoms with E-state index in [0.29, 0.717) is 28.8 Å². The van der Waals surface area contributed by atoms with Crippen LogP contribution >= 0.6 is 0 Å². The molecule has 3 heterocycles. The lowest BCUT2D eigenvalue weighted by molar-refractivity contribution is 1.06. The third-order valence-corrected chi connectivity index (χ3v) is 13.6. The quantitative estimate of drug-likeness (QED) is 0.143. The predicted octanol–water partition coefficient (Wildman–Crippen LogP) is 17.2. The molecule has 0 spiro atoms. The number of fused-ring (bicyclic) bond motifs is 6. The molecule has 0 atom stereocenters. The number of hydrogen-bond donors (Lipinski definition) is 0. The second-order valence-electron chi connectivity index (χ2n) is 17.7. The summed E-state index contributed by atoms with van der Waals surface area (Å²) in [6.45, 7) is 15.8. The van der Waals surface area contributed by atoms with Gasteiger partial charge in [-0.2, -0.15) is 0 Å². The van der Waals surface area contributed by atoms with E-state index in [-0.39, 0.29) is 0 Å². The van der Waals surface area contributed by atoms with E-state index in [1.165, 1.54) is 0 Å². The van der Waals surface area contributed by atoms with Crippen molar-refractivity contribution in [3.05, 3.63) is 259 Å². The Bertz CT molecular complexity index is 4300. The first-order chi connectivity index (χ1) is 35.6. The van der Waals surface area contributed by atoms with Gasteiger partial charge >= 0.3 is 0 Å². The van der Waals surface area contributed by atoms with Crippen LogP contribution in [0, 0.1) is 13.1 Å². The number of aromatic nitrogens is 5. The number of hydrogen-bond acceptors (Lipinski definition) is 3. The Morgan fingerprint density at radius 3 is 1.19 bits per heavy atom. The van der Waals surface area contributed by atoms with Gasteiger partial charge in [0.1, 0.15) is 0 Å². The Morgan fingerprint density at radius 1 is 0.278 bits per heavy atom. The average molecular weight is 918 g/mol. The van der Waals surface area contributed by atoms with Crippen LogP contribution in [-0.2, 0) is 0 Å². The second-order valence-corrected chi connectivity index (χ2v) is 17.7. The standard InChI is InChI=1S/C65H39N7/c1-66-55-28-14-9-23-47(55)44-33-36-60-52(39-44)50-26-12-17-31-58(50)71(60)57-30-16-11-25-49(57)46-35-38-62(54(41-46)65-69-63(42-19-5-3-6-20-42)68-64(70-65)43-21-7-4-8-22-43)72-59-32-18-13-27-51(59)53-40-45(34-37-61(53)72)48-24-10-15-29-56(48)67-2/h3-41H. The Kier molecular flexibility index (Phi) is 10.1. The van der Waals surface area contributed by atoms with Gasteiger partial charge in [0, 0.05) is 43.8 Å². The first-order valence-corrected chi connectivity index (χ1v) is 23.7. The summed E-state index contributed by atoms with van der Waals surface area (Å²) in [4.78, 5) is 23.5. The number of para-hydroxylation sites is 5. The molecule has 0 amide bonds. The van der Waals surface area contributed by atoms with Crippen molar-refractivity contribution in [2.75, 3.05) is 0 Å². The zero-order chi connectivity index (χ0) is 48.1. The van der Waals surface area contributed by atoms with Crippen LogP contribution < -0.4 is 0 Å². The molecule has 0 radical (unpaired) electrons. The highest BCUT2D eigenvalue weighted by molar-refractivity contribution is 6.13. The highest BCUT2D eigenvalue weighted by Crippen LogP contribution is 2.43. The molecule has 0 fully saturated rings. The highest BCUT2D eigenvalue weighted by atomic mass is 15.1. The zero-order valence-corrected chi connectivity index (χ0v) is 38.6. The van der Waals surface area contributed by atoms with E-state index in [9.17, 15) is 0 Å². The zero-order valence-electron chi connectivity index (χ0n) is 38.6. The van der Waals surface area contributed by atoms with Crippen molar-refractivity contribution in [1.29, 1.82) is 0 Å². The molecule has 0 aliphatic heterocycles. The van der Waals surface area contributed by atoms with Crippen molar-refractivity contribution in [3.63, 3.8) is 0 Å². The van der Waals surface area contributed by atoms with Gasteiger partial charge in [-0.25, -0.2) is 24.6 Å². The summed E-state index contributed by atoms with van der Waals surface area (Å²) < 4.78 is 4.68. The van der Waals surface area contributed by atoms with E-state index < -0.39 is 0 Å². The first-order valence-electron chi connectivity index (χ1n) is 23.7. The van der Waals surface area contributed by atoms with Gasteiger partial charge in [-0.05, 0) is 82.4 Å². The SMILES string of the molecule is [C-]#[N+]c1ccccc1-c1ccc2c(c1)c1ccccc1n2-c1ccccc1-c1ccc(-n2c3ccccc3c3cc(-c4ccccc4[N+]#[C-])ccc32)c(-c2nc(-c3ccccc3)nc(-c3ccccc3)n2)c1. The van der Waals surface area contributed by atoms with E-state index in [0.717, 1.165) is 105 Å². The monoisotopic (exact) mass is 917 g/mol. The highest BCUT2D eigenvalue weighted by Gasteiger charge is 2.23. The molecular weight excluding hydrogens is 879 g/mol. The van der Waals surface area contributed by atoms with Crippen molar-refractivity contribution < 1.29 is 0 Å². The minimum atomic E-state index is 0.537. The molecule has 0 bridgehead atoms. The van der Waals surface area contributed by atoms with Crippen molar-refractivity contribution in [2.45, 2.75) is 0 Å². The van der Waals surface area contributed by atoms with Crippen molar-refractivity contribution in [2.24, 2.45) is 0 Å². The van der Waals surface area contributed by atoms with Gasteiger partial charge in [0.15, 0.2) is 28.8 Å². The van der Waals surface area contributed by atoms with E-state index in [1.54, 1.807) is 0 Å². The van der Waals surface area contributed by atoms with Gasteiger partial charge in [0.05, 0.1) is 46.6 Å². The minimum absolute atomic E-state index is 0.537. The molecule has 10 aromatic carbocycles. The normalized spacial score (nSPS) is 11.3. The summed E-state index contributed by atoms with van der Waals surface area (Å²) in [5.41, 5.74) is 15.8. The Morgan fingerprint density at radius 2 is 0.667 bits per heavy atom. The van der Waals surface area contributed by atoms with Crippen LogP contribution in [0.15, 0.2) is 237 Å². The summed E-state index contributed by atoms with van der Waals surface area (Å²) >= 11 is 0. The number of rotatable bonds is 8. The molecule has 13 rings (SSSR count). The molecule has 0 aliphatic rings. The van der Waals surface area contributed by atoms with Crippen LogP contribution in [0.3, 0.4) is 0 Å². The molecule has 0 N–H and O–H groups in total. The van der Waals surface area contributed by atoms with Crippen LogP contribution in [0.2, 0.25) is 0 Å². The molecule has 0 unspecified atom stereocenters. The van der Waals surface area contributed by atoms with Crippen LogP contribution in [0.4, 0.5) is 11.4 Å². The fourth-order valence-electron chi connectivity index (χ4n) is 10.3. The molecule has 72 heavy (non-hydrogen) atoms. The lowest BCUT2D eigenvalue weighted by Crippen LogP contribution is -2.04. The molecule has 13 aromatic rings. The molecule has 334 valence electrons. The van der Waals surface area contributed by atoms with E-state index in [4.69, 9.17) is 28.1 Å². The van der Waals surface area contributed by atoms with Crippen LogP contribution in [0.25, 0.3) is 132 Å². The maximum atomic E-state index is 7.94. The Balaban J connectivity index is 1.07.